The number of halogens is 12. The topological polar surface area (TPSA) is 364 Å². The summed E-state index contributed by atoms with van der Waals surface area (Å²) in [4.78, 5) is 0. The Balaban J connectivity index is 0.000000242. The molecule has 0 atom stereocenters. The van der Waals surface area contributed by atoms with Gasteiger partial charge in [-0.3, -0.25) is 0 Å². The van der Waals surface area contributed by atoms with Crippen molar-refractivity contribution in [1.29, 1.82) is 0 Å². The van der Waals surface area contributed by atoms with E-state index in [0.29, 0.717) is 91.0 Å². The van der Waals surface area contributed by atoms with E-state index < -0.39 is 78.9 Å². The van der Waals surface area contributed by atoms with Crippen LogP contribution in [0.3, 0.4) is 0 Å². The molecule has 0 heterocycles. The molecular formula is C82H68F12N18Na2O6S2. The number of para-hydroxylation sites is 1. The minimum atomic E-state index is -4.40. The first kappa shape index (κ1) is 98.8. The van der Waals surface area contributed by atoms with Crippen molar-refractivity contribution in [2.45, 2.75) is 50.9 Å². The Kier molecular flexibility index (Phi) is 38.8. The van der Waals surface area contributed by atoms with Gasteiger partial charge in [0.25, 0.3) is 0 Å². The zero-order chi connectivity index (χ0) is 86.8. The molecule has 24 nitrogen and oxygen atoms in total. The van der Waals surface area contributed by atoms with Crippen molar-refractivity contribution in [3.05, 3.63) is 325 Å². The van der Waals surface area contributed by atoms with Crippen LogP contribution in [0.4, 0.5) is 155 Å². The van der Waals surface area contributed by atoms with Crippen LogP contribution in [-0.4, -0.2) is 37.7 Å². The smallest absolute Gasteiger partial charge is 0.747 e. The van der Waals surface area contributed by atoms with Gasteiger partial charge < -0.3 is 31.2 Å². The number of unbranched alkanes of at least 4 members (excludes halogenated alkanes) is 1. The van der Waals surface area contributed by atoms with Gasteiger partial charge in [0.05, 0.1) is 102 Å². The number of nitrogens with zero attached hydrogens (tertiary/aromatic N) is 14. The average molecular weight is 1740 g/mol. The number of nitrogens with two attached hydrogens (primary N) is 2. The van der Waals surface area contributed by atoms with E-state index in [0.717, 1.165) is 60.6 Å². The number of azo groups is 7. The van der Waals surface area contributed by atoms with Gasteiger partial charge in [-0.2, -0.15) is 124 Å². The summed E-state index contributed by atoms with van der Waals surface area (Å²) in [6, 6.07) is 74.7. The van der Waals surface area contributed by atoms with Gasteiger partial charge in [-0.1, -0.05) is 43.7 Å². The van der Waals surface area contributed by atoms with Crippen LogP contribution in [0.1, 0.15) is 47.6 Å². The third-order valence-corrected chi connectivity index (χ3v) is 16.4. The monoisotopic (exact) mass is 1740 g/mol. The maximum Gasteiger partial charge on any atom is 1.00 e. The van der Waals surface area contributed by atoms with Crippen molar-refractivity contribution >= 4 is 123 Å². The maximum absolute atomic E-state index is 12.6. The molecule has 12 rings (SSSR count). The first-order chi connectivity index (χ1) is 56.9. The number of rotatable bonds is 23. The summed E-state index contributed by atoms with van der Waals surface area (Å²) in [5, 5.41) is 61.2. The van der Waals surface area contributed by atoms with Crippen molar-refractivity contribution in [3.8, 4) is 0 Å². The normalized spacial score (nSPS) is 11.9. The summed E-state index contributed by atoms with van der Waals surface area (Å²) in [6.45, 7) is 2.17. The molecule has 12 aromatic carbocycles. The largest absolute Gasteiger partial charge is 1.00 e. The molecule has 0 aliphatic rings. The molecule has 40 heteroatoms. The third kappa shape index (κ3) is 37.8. The average Bonchev–Trinajstić information content (AvgIpc) is 0.852. The Morgan fingerprint density at radius 1 is 0.270 bits per heavy atom. The molecule has 0 aromatic heterocycles. The first-order valence-corrected chi connectivity index (χ1v) is 38.3. The Labute approximate surface area is 736 Å². The molecule has 0 unspecified atom stereocenters. The molecule has 0 amide bonds. The Bertz CT molecular complexity index is 5670. The first-order valence-electron chi connectivity index (χ1n) is 35.2. The van der Waals surface area contributed by atoms with E-state index in [1.807, 2.05) is 12.1 Å². The summed E-state index contributed by atoms with van der Waals surface area (Å²) in [5.41, 5.74) is 19.1. The number of benzene rings is 12. The fourth-order valence-electron chi connectivity index (χ4n) is 9.17. The summed E-state index contributed by atoms with van der Waals surface area (Å²) >= 11 is 0. The summed E-state index contributed by atoms with van der Waals surface area (Å²) < 4.78 is 212. The molecule has 620 valence electrons. The molecule has 0 fully saturated rings. The van der Waals surface area contributed by atoms with Gasteiger partial charge in [0.15, 0.2) is 0 Å². The minimum Gasteiger partial charge on any atom is -0.747 e. The molecule has 122 heavy (non-hydrogen) atoms. The van der Waals surface area contributed by atoms with Gasteiger partial charge in [-0.25, -0.2) is 16.8 Å². The standard InChI is InChI=1S/C23H21F3N4.C20H16F3N5O3S.C19H14F3N5.C13H10F3N3.C7H9NO3S.2Na/c1-2-3-4-17-5-9-19(10-6-17)27-29-21-13-15-22(16-14-21)30-28-20-11-7-18(8-12-20)23(24,25)26;21-20(22,23)14-1-3-16(4-2-14)25-27-18-9-11-19(12-10-18)28-26-17-7-5-15(6-8-17)24-13-32(29,30)31;20-19(21,22)13-1-5-15(6-2-13)24-26-17-9-11-18(12-10-17)27-25-16-7-3-14(23)4-8-16;14-13(15,16)9-1-5-11(6-2-9)18-19-12-7-3-10(17)4-8-12;9-12(10,11)6-8-7-4-2-1-3-5-7;;/h5-16H,2-4H2,1H3;1-12,24H,13H2,(H,29,30,31);1-12H,23H2;1-8H,17H2;1-5,8H,6H2,(H,9,10,11);;/q;;;;;2*+1/p-2. The number of nitrogen functional groups attached to an aromatic ring is 2. The summed E-state index contributed by atoms with van der Waals surface area (Å²) in [7, 11) is -8.55. The van der Waals surface area contributed by atoms with Crippen LogP contribution in [-0.2, 0) is 51.4 Å². The number of alkyl halides is 12. The van der Waals surface area contributed by atoms with Gasteiger partial charge in [-0.15, -0.1) is 0 Å². The SMILES string of the molecule is CCCCc1ccc(N=Nc2ccc(N=Nc3ccc(C(F)(F)F)cc3)cc2)cc1.Nc1ccc(N=Nc2ccc(C(F)(F)F)cc2)cc1.Nc1ccc(N=Nc2ccc(N=Nc3ccc(C(F)(F)F)cc3)cc2)cc1.O=S(=O)([O-])CNc1ccc(N=Nc2ccc(N=Nc3ccc(C(F)(F)F)cc3)cc2)cc1.O=S(=O)([O-])CNc1ccccc1.[Na+].[Na+]. The van der Waals surface area contributed by atoms with Crippen molar-refractivity contribution in [2.75, 3.05) is 33.9 Å². The van der Waals surface area contributed by atoms with Gasteiger partial charge in [0.2, 0.25) is 0 Å². The third-order valence-electron chi connectivity index (χ3n) is 15.4. The second-order valence-electron chi connectivity index (χ2n) is 24.8. The molecule has 6 N–H and O–H groups in total. The van der Waals surface area contributed by atoms with Crippen LogP contribution < -0.4 is 81.2 Å². The fraction of sp³-hybridized carbons (Fsp3) is 0.122. The molecule has 0 saturated carbocycles. The Hall–Kier alpha value is -12.0. The Morgan fingerprint density at radius 3 is 0.631 bits per heavy atom. The number of hydrogen-bond acceptors (Lipinski definition) is 24. The molecule has 0 saturated heterocycles. The number of aryl methyl sites for hydroxylation is 1. The van der Waals surface area contributed by atoms with Crippen LogP contribution in [0.15, 0.2) is 369 Å². The van der Waals surface area contributed by atoms with Gasteiger partial charge in [0.1, 0.15) is 32.0 Å². The van der Waals surface area contributed by atoms with E-state index in [-0.39, 0.29) is 64.8 Å². The van der Waals surface area contributed by atoms with Crippen LogP contribution in [0.25, 0.3) is 0 Å². The zero-order valence-corrected chi connectivity index (χ0v) is 70.2. The molecule has 0 radical (unpaired) electrons. The number of hydrogen-bond donors (Lipinski definition) is 4. The second kappa shape index (κ2) is 47.9. The summed E-state index contributed by atoms with van der Waals surface area (Å²) in [6.07, 6.45) is -14.1. The fourth-order valence-corrected chi connectivity index (χ4v) is 9.86. The van der Waals surface area contributed by atoms with Crippen LogP contribution in [0.2, 0.25) is 0 Å². The van der Waals surface area contributed by atoms with Gasteiger partial charge in [-0.05, 0) is 285 Å². The van der Waals surface area contributed by atoms with E-state index in [9.17, 15) is 78.6 Å². The van der Waals surface area contributed by atoms with Crippen LogP contribution in [0.5, 0.6) is 0 Å². The second-order valence-corrected chi connectivity index (χ2v) is 27.6. The molecule has 0 aliphatic carbocycles. The van der Waals surface area contributed by atoms with E-state index in [2.05, 4.69) is 101 Å². The van der Waals surface area contributed by atoms with Gasteiger partial charge >= 0.3 is 83.8 Å². The molecule has 12 aromatic rings. The Morgan fingerprint density at radius 2 is 0.443 bits per heavy atom. The van der Waals surface area contributed by atoms with Crippen molar-refractivity contribution in [3.63, 3.8) is 0 Å². The quantitative estimate of drug-likeness (QED) is 0.0154. The van der Waals surface area contributed by atoms with Crippen molar-refractivity contribution in [2.24, 2.45) is 71.6 Å². The zero-order valence-electron chi connectivity index (χ0n) is 64.5. The maximum atomic E-state index is 12.6. The molecule has 0 bridgehead atoms. The summed E-state index contributed by atoms with van der Waals surface area (Å²) in [5.74, 6) is -1.28. The number of anilines is 4. The van der Waals surface area contributed by atoms with Gasteiger partial charge in [0, 0.05) is 22.7 Å². The molecular weight excluding hydrogens is 1670 g/mol. The van der Waals surface area contributed by atoms with E-state index in [1.54, 1.807) is 176 Å². The van der Waals surface area contributed by atoms with Crippen LogP contribution in [0, 0.1) is 0 Å². The van der Waals surface area contributed by atoms with Crippen molar-refractivity contribution < 1.29 is 138 Å². The van der Waals surface area contributed by atoms with Crippen LogP contribution >= 0.6 is 0 Å². The predicted molar refractivity (Wildman–Crippen MR) is 430 cm³/mol. The minimum absolute atomic E-state index is 0. The van der Waals surface area contributed by atoms with E-state index in [1.165, 1.54) is 66.9 Å². The molecule has 0 spiro atoms. The number of nitrogens with one attached hydrogen (secondary N) is 2. The van der Waals surface area contributed by atoms with E-state index >= 15 is 0 Å². The van der Waals surface area contributed by atoms with E-state index in [4.69, 9.17) is 11.5 Å². The van der Waals surface area contributed by atoms with Crippen molar-refractivity contribution in [1.82, 2.24) is 0 Å². The molecule has 0 aliphatic heterocycles. The predicted octanol–water partition coefficient (Wildman–Crippen LogP) is 21.8.